The van der Waals surface area contributed by atoms with E-state index in [2.05, 4.69) is 10.0 Å². The molecule has 2 fully saturated rings. The molecule has 0 unspecified atom stereocenters. The third-order valence-corrected chi connectivity index (χ3v) is 6.71. The molecule has 1 aromatic carbocycles. The molecule has 0 bridgehead atoms. The Morgan fingerprint density at radius 2 is 1.69 bits per heavy atom. The molecular weight excluding hydrogens is 478 g/mol. The Bertz CT molecular complexity index is 1110. The number of anilines is 1. The summed E-state index contributed by atoms with van der Waals surface area (Å²) in [6.45, 7) is 8.93. The van der Waals surface area contributed by atoms with Crippen LogP contribution in [0.15, 0.2) is 40.9 Å². The van der Waals surface area contributed by atoms with Crippen molar-refractivity contribution in [3.05, 3.63) is 36.0 Å². The van der Waals surface area contributed by atoms with Gasteiger partial charge in [0.2, 0.25) is 10.0 Å². The van der Waals surface area contributed by atoms with Crippen LogP contribution in [-0.4, -0.2) is 61.9 Å². The summed E-state index contributed by atoms with van der Waals surface area (Å²) in [6, 6.07) is 5.69. The SMILES string of the molecule is CC(C)(C)OC(=O)N1CCC(NS(=O)(=O)c2ccccc2NC=C2C(=O)OC(C)(C)OC2=O)CC1. The maximum atomic E-state index is 13.1. The van der Waals surface area contributed by atoms with Crippen LogP contribution in [0, 0.1) is 0 Å². The van der Waals surface area contributed by atoms with Crippen LogP contribution in [0.25, 0.3) is 0 Å². The van der Waals surface area contributed by atoms with Gasteiger partial charge in [-0.1, -0.05) is 12.1 Å². The van der Waals surface area contributed by atoms with E-state index in [0.717, 1.165) is 6.20 Å². The molecule has 3 rings (SSSR count). The molecule has 2 aliphatic rings. The number of piperidine rings is 1. The lowest BCUT2D eigenvalue weighted by molar-refractivity contribution is -0.222. The number of hydrogen-bond acceptors (Lipinski definition) is 9. The van der Waals surface area contributed by atoms with Crippen LogP contribution in [0.2, 0.25) is 0 Å². The second-order valence-corrected chi connectivity index (χ2v) is 11.4. The van der Waals surface area contributed by atoms with E-state index in [0.29, 0.717) is 25.9 Å². The molecule has 2 aliphatic heterocycles. The van der Waals surface area contributed by atoms with Crippen molar-refractivity contribution in [2.24, 2.45) is 0 Å². The summed E-state index contributed by atoms with van der Waals surface area (Å²) in [4.78, 5) is 38.0. The molecule has 0 aromatic heterocycles. The number of benzene rings is 1. The molecule has 2 heterocycles. The molecule has 11 nitrogen and oxygen atoms in total. The fraction of sp³-hybridized carbons (Fsp3) is 0.522. The molecule has 1 aromatic rings. The number of carbonyl (C=O) groups is 3. The topological polar surface area (TPSA) is 140 Å². The van der Waals surface area contributed by atoms with Crippen LogP contribution in [0.1, 0.15) is 47.5 Å². The van der Waals surface area contributed by atoms with Gasteiger partial charge in [-0.25, -0.2) is 27.5 Å². The second-order valence-electron chi connectivity index (χ2n) is 9.74. The summed E-state index contributed by atoms with van der Waals surface area (Å²) in [5.74, 6) is -3.14. The maximum Gasteiger partial charge on any atom is 0.410 e. The van der Waals surface area contributed by atoms with Gasteiger partial charge in [0.15, 0.2) is 5.57 Å². The molecule has 35 heavy (non-hydrogen) atoms. The van der Waals surface area contributed by atoms with Crippen molar-refractivity contribution in [2.45, 2.75) is 69.8 Å². The number of likely N-dealkylation sites (tertiary alicyclic amines) is 1. The van der Waals surface area contributed by atoms with Crippen LogP contribution in [0.3, 0.4) is 0 Å². The Balaban J connectivity index is 1.67. The molecule has 2 saturated heterocycles. The first-order valence-electron chi connectivity index (χ1n) is 11.2. The molecule has 0 radical (unpaired) electrons. The van der Waals surface area contributed by atoms with Gasteiger partial charge in [0.25, 0.3) is 5.79 Å². The van der Waals surface area contributed by atoms with E-state index in [1.54, 1.807) is 37.8 Å². The number of carbonyl (C=O) groups excluding carboxylic acids is 3. The first kappa shape index (κ1) is 26.5. The van der Waals surface area contributed by atoms with Gasteiger partial charge in [0.05, 0.1) is 5.69 Å². The van der Waals surface area contributed by atoms with E-state index in [1.165, 1.54) is 26.0 Å². The highest BCUT2D eigenvalue weighted by atomic mass is 32.2. The van der Waals surface area contributed by atoms with Crippen molar-refractivity contribution in [1.29, 1.82) is 0 Å². The third kappa shape index (κ3) is 6.95. The Labute approximate surface area is 204 Å². The van der Waals surface area contributed by atoms with E-state index in [1.807, 2.05) is 0 Å². The van der Waals surface area contributed by atoms with Gasteiger partial charge in [0.1, 0.15) is 10.5 Å². The minimum Gasteiger partial charge on any atom is -0.444 e. The van der Waals surface area contributed by atoms with Crippen LogP contribution >= 0.6 is 0 Å². The lowest BCUT2D eigenvalue weighted by atomic mass is 10.1. The van der Waals surface area contributed by atoms with Crippen LogP contribution in [-0.2, 0) is 33.8 Å². The van der Waals surface area contributed by atoms with Gasteiger partial charge in [-0.3, -0.25) is 0 Å². The number of sulfonamides is 1. The van der Waals surface area contributed by atoms with Crippen molar-refractivity contribution in [3.63, 3.8) is 0 Å². The summed E-state index contributed by atoms with van der Waals surface area (Å²) >= 11 is 0. The van der Waals surface area contributed by atoms with E-state index in [4.69, 9.17) is 14.2 Å². The number of hydrogen-bond donors (Lipinski definition) is 2. The number of esters is 2. The number of nitrogens with zero attached hydrogens (tertiary/aromatic N) is 1. The van der Waals surface area contributed by atoms with Gasteiger partial charge in [-0.15, -0.1) is 0 Å². The lowest BCUT2D eigenvalue weighted by Crippen LogP contribution is -2.47. The fourth-order valence-electron chi connectivity index (χ4n) is 3.54. The summed E-state index contributed by atoms with van der Waals surface area (Å²) in [5.41, 5.74) is -0.842. The van der Waals surface area contributed by atoms with Crippen LogP contribution < -0.4 is 10.0 Å². The third-order valence-electron chi connectivity index (χ3n) is 5.13. The highest BCUT2D eigenvalue weighted by molar-refractivity contribution is 7.89. The molecular formula is C23H31N3O8S. The summed E-state index contributed by atoms with van der Waals surface area (Å²) in [5, 5.41) is 2.71. The second kappa shape index (κ2) is 9.86. The molecule has 1 amide bonds. The lowest BCUT2D eigenvalue weighted by Gasteiger charge is -2.33. The smallest absolute Gasteiger partial charge is 0.410 e. The Hall–Kier alpha value is -3.12. The average Bonchev–Trinajstić information content (AvgIpc) is 2.71. The van der Waals surface area contributed by atoms with Crippen LogP contribution in [0.4, 0.5) is 10.5 Å². The Morgan fingerprint density at radius 1 is 1.11 bits per heavy atom. The molecule has 2 N–H and O–H groups in total. The number of para-hydroxylation sites is 1. The highest BCUT2D eigenvalue weighted by Crippen LogP contribution is 2.26. The van der Waals surface area contributed by atoms with Gasteiger partial charge in [-0.2, -0.15) is 0 Å². The average molecular weight is 510 g/mol. The zero-order valence-electron chi connectivity index (χ0n) is 20.4. The molecule has 192 valence electrons. The van der Waals surface area contributed by atoms with Crippen molar-refractivity contribution in [1.82, 2.24) is 9.62 Å². The van der Waals surface area contributed by atoms with Gasteiger partial charge >= 0.3 is 18.0 Å². The molecule has 0 aliphatic carbocycles. The van der Waals surface area contributed by atoms with Crippen molar-refractivity contribution in [3.8, 4) is 0 Å². The summed E-state index contributed by atoms with van der Waals surface area (Å²) in [6.07, 6.45) is 1.48. The molecule has 12 heteroatoms. The van der Waals surface area contributed by atoms with E-state index in [-0.39, 0.29) is 22.2 Å². The van der Waals surface area contributed by atoms with Gasteiger partial charge < -0.3 is 24.4 Å². The standard InChI is InChI=1S/C23H31N3O8S/c1-22(2,3)34-21(29)26-12-10-15(11-13-26)25-35(30,31)18-9-7-6-8-17(18)24-14-16-19(27)32-23(4,5)33-20(16)28/h6-9,14-15,24-25H,10-13H2,1-5H3. The Morgan fingerprint density at radius 3 is 2.26 bits per heavy atom. The van der Waals surface area contributed by atoms with E-state index in [9.17, 15) is 22.8 Å². The largest absolute Gasteiger partial charge is 0.444 e. The normalized spacial score (nSPS) is 19.0. The molecule has 0 spiro atoms. The number of amides is 1. The zero-order valence-corrected chi connectivity index (χ0v) is 21.2. The predicted octanol–water partition coefficient (Wildman–Crippen LogP) is 2.50. The first-order chi connectivity index (χ1) is 16.2. The maximum absolute atomic E-state index is 13.1. The van der Waals surface area contributed by atoms with E-state index >= 15 is 0 Å². The van der Waals surface area contributed by atoms with Gasteiger partial charge in [-0.05, 0) is 45.7 Å². The van der Waals surface area contributed by atoms with Crippen molar-refractivity contribution < 1.29 is 37.0 Å². The summed E-state index contributed by atoms with van der Waals surface area (Å²) < 4.78 is 44.4. The highest BCUT2D eigenvalue weighted by Gasteiger charge is 2.39. The predicted molar refractivity (Wildman–Crippen MR) is 126 cm³/mol. The van der Waals surface area contributed by atoms with Crippen molar-refractivity contribution >= 4 is 33.7 Å². The minimum atomic E-state index is -3.96. The molecule has 0 saturated carbocycles. The van der Waals surface area contributed by atoms with Gasteiger partial charge in [0, 0.05) is 39.2 Å². The monoisotopic (exact) mass is 509 g/mol. The number of rotatable bonds is 5. The van der Waals surface area contributed by atoms with Crippen molar-refractivity contribution in [2.75, 3.05) is 18.4 Å². The van der Waals surface area contributed by atoms with E-state index < -0.39 is 39.4 Å². The zero-order chi connectivity index (χ0) is 26.0. The first-order valence-corrected chi connectivity index (χ1v) is 12.7. The summed E-state index contributed by atoms with van der Waals surface area (Å²) in [7, 11) is -3.96. The quantitative estimate of drug-likeness (QED) is 0.348. The number of nitrogens with one attached hydrogen (secondary N) is 2. The fourth-order valence-corrected chi connectivity index (χ4v) is 5.01. The number of ether oxygens (including phenoxy) is 3. The minimum absolute atomic E-state index is 0.0655. The number of cyclic esters (lactones) is 2. The van der Waals surface area contributed by atoms with Crippen LogP contribution in [0.5, 0.6) is 0 Å². The Kier molecular flexibility index (Phi) is 7.46. The molecule has 0 atom stereocenters.